The minimum Gasteiger partial charge on any atom is -0.457 e. The summed E-state index contributed by atoms with van der Waals surface area (Å²) >= 11 is 0. The van der Waals surface area contributed by atoms with E-state index in [9.17, 15) is 0 Å². The molecule has 0 amide bonds. The zero-order chi connectivity index (χ0) is 15.6. The average Bonchev–Trinajstić information content (AvgIpc) is 2.42. The number of hydrogen-bond acceptors (Lipinski definition) is 2. The summed E-state index contributed by atoms with van der Waals surface area (Å²) in [5.74, 6) is 1.89. The largest absolute Gasteiger partial charge is 0.457 e. The lowest BCUT2D eigenvalue weighted by molar-refractivity contribution is 0.470. The van der Waals surface area contributed by atoms with Crippen LogP contribution in [0.5, 0.6) is 11.5 Å². The molecule has 2 aromatic carbocycles. The Hall–Kier alpha value is -1.80. The average molecular weight is 283 g/mol. The van der Waals surface area contributed by atoms with Crippen molar-refractivity contribution in [2.45, 2.75) is 47.1 Å². The molecule has 0 aromatic heterocycles. The molecule has 2 heteroatoms. The molecule has 0 spiro atoms. The Morgan fingerprint density at radius 1 is 0.952 bits per heavy atom. The van der Waals surface area contributed by atoms with Crippen molar-refractivity contribution in [3.05, 3.63) is 58.1 Å². The Morgan fingerprint density at radius 2 is 1.57 bits per heavy atom. The van der Waals surface area contributed by atoms with Gasteiger partial charge in [0.05, 0.1) is 0 Å². The molecule has 0 aliphatic heterocycles. The van der Waals surface area contributed by atoms with Crippen LogP contribution in [0, 0.1) is 27.7 Å². The van der Waals surface area contributed by atoms with Crippen LogP contribution >= 0.6 is 0 Å². The molecule has 112 valence electrons. The molecule has 2 aromatic rings. The summed E-state index contributed by atoms with van der Waals surface area (Å²) < 4.78 is 6.23. The van der Waals surface area contributed by atoms with Crippen molar-refractivity contribution in [3.8, 4) is 11.5 Å². The minimum atomic E-state index is 0.156. The number of benzene rings is 2. The standard InChI is InChI=1S/C19H25NO/c1-12-6-7-14(3)19(16(12)5)21-18-11-17(10-15(4)20)9-8-13(18)2/h6-9,11,15H,10,20H2,1-5H3. The van der Waals surface area contributed by atoms with Crippen molar-refractivity contribution in [2.24, 2.45) is 5.73 Å². The molecule has 2 rings (SSSR count). The Labute approximate surface area is 127 Å². The highest BCUT2D eigenvalue weighted by atomic mass is 16.5. The van der Waals surface area contributed by atoms with E-state index in [2.05, 4.69) is 58.0 Å². The van der Waals surface area contributed by atoms with Crippen LogP contribution in [0.4, 0.5) is 0 Å². The van der Waals surface area contributed by atoms with Crippen molar-refractivity contribution in [1.82, 2.24) is 0 Å². The molecule has 1 unspecified atom stereocenters. The van der Waals surface area contributed by atoms with E-state index in [0.29, 0.717) is 0 Å². The fraction of sp³-hybridized carbons (Fsp3) is 0.368. The second kappa shape index (κ2) is 6.31. The fourth-order valence-electron chi connectivity index (χ4n) is 2.45. The lowest BCUT2D eigenvalue weighted by Crippen LogP contribution is -2.17. The van der Waals surface area contributed by atoms with Crippen LogP contribution in [0.1, 0.15) is 34.7 Å². The van der Waals surface area contributed by atoms with Crippen LogP contribution in [-0.2, 0) is 6.42 Å². The molecule has 0 radical (unpaired) electrons. The third-order valence-corrected chi connectivity index (χ3v) is 3.90. The van der Waals surface area contributed by atoms with Crippen LogP contribution in [0.25, 0.3) is 0 Å². The summed E-state index contributed by atoms with van der Waals surface area (Å²) in [6, 6.07) is 10.7. The maximum absolute atomic E-state index is 6.23. The van der Waals surface area contributed by atoms with Gasteiger partial charge >= 0.3 is 0 Å². The van der Waals surface area contributed by atoms with Gasteiger partial charge in [0.1, 0.15) is 11.5 Å². The first-order valence-corrected chi connectivity index (χ1v) is 7.48. The number of aryl methyl sites for hydroxylation is 3. The highest BCUT2D eigenvalue weighted by molar-refractivity contribution is 5.48. The molecule has 0 saturated heterocycles. The number of nitrogens with two attached hydrogens (primary N) is 1. The van der Waals surface area contributed by atoms with Crippen molar-refractivity contribution in [1.29, 1.82) is 0 Å². The maximum Gasteiger partial charge on any atom is 0.133 e. The predicted molar refractivity (Wildman–Crippen MR) is 89.3 cm³/mol. The maximum atomic E-state index is 6.23. The second-order valence-electron chi connectivity index (χ2n) is 6.04. The Morgan fingerprint density at radius 3 is 2.24 bits per heavy atom. The van der Waals surface area contributed by atoms with Crippen molar-refractivity contribution >= 4 is 0 Å². The summed E-state index contributed by atoms with van der Waals surface area (Å²) in [5, 5.41) is 0. The van der Waals surface area contributed by atoms with E-state index in [-0.39, 0.29) is 6.04 Å². The fourth-order valence-corrected chi connectivity index (χ4v) is 2.45. The van der Waals surface area contributed by atoms with Crippen LogP contribution in [-0.4, -0.2) is 6.04 Å². The first-order valence-electron chi connectivity index (χ1n) is 7.48. The summed E-state index contributed by atoms with van der Waals surface area (Å²) in [7, 11) is 0. The van der Waals surface area contributed by atoms with Gasteiger partial charge in [-0.15, -0.1) is 0 Å². The van der Waals surface area contributed by atoms with Crippen LogP contribution in [0.2, 0.25) is 0 Å². The lowest BCUT2D eigenvalue weighted by atomic mass is 10.0. The Balaban J connectivity index is 2.37. The van der Waals surface area contributed by atoms with E-state index < -0.39 is 0 Å². The molecule has 21 heavy (non-hydrogen) atoms. The number of hydrogen-bond donors (Lipinski definition) is 1. The Bertz CT molecular complexity index is 644. The second-order valence-corrected chi connectivity index (χ2v) is 6.04. The summed E-state index contributed by atoms with van der Waals surface area (Å²) in [6.45, 7) is 10.4. The van der Waals surface area contributed by atoms with E-state index in [1.165, 1.54) is 16.7 Å². The van der Waals surface area contributed by atoms with Gasteiger partial charge in [-0.1, -0.05) is 24.3 Å². The topological polar surface area (TPSA) is 35.2 Å². The quantitative estimate of drug-likeness (QED) is 0.889. The predicted octanol–water partition coefficient (Wildman–Crippen LogP) is 4.60. The SMILES string of the molecule is Cc1ccc(CC(C)N)cc1Oc1c(C)ccc(C)c1C. The third kappa shape index (κ3) is 3.64. The molecule has 1 atom stereocenters. The van der Waals surface area contributed by atoms with Gasteiger partial charge in [0.25, 0.3) is 0 Å². The highest BCUT2D eigenvalue weighted by Gasteiger charge is 2.10. The molecule has 0 aliphatic carbocycles. The zero-order valence-corrected chi connectivity index (χ0v) is 13.7. The lowest BCUT2D eigenvalue weighted by Gasteiger charge is -2.16. The molecule has 0 saturated carbocycles. The van der Waals surface area contributed by atoms with E-state index in [4.69, 9.17) is 10.5 Å². The minimum absolute atomic E-state index is 0.156. The highest BCUT2D eigenvalue weighted by Crippen LogP contribution is 2.32. The first-order chi connectivity index (χ1) is 9.88. The summed E-state index contributed by atoms with van der Waals surface area (Å²) in [4.78, 5) is 0. The summed E-state index contributed by atoms with van der Waals surface area (Å²) in [6.07, 6.45) is 0.864. The smallest absolute Gasteiger partial charge is 0.133 e. The van der Waals surface area contributed by atoms with Gasteiger partial charge in [0.15, 0.2) is 0 Å². The number of ether oxygens (including phenoxy) is 1. The van der Waals surface area contributed by atoms with Crippen LogP contribution in [0.3, 0.4) is 0 Å². The van der Waals surface area contributed by atoms with Gasteiger partial charge in [0.2, 0.25) is 0 Å². The van der Waals surface area contributed by atoms with Crippen LogP contribution in [0.15, 0.2) is 30.3 Å². The molecule has 2 N–H and O–H groups in total. The third-order valence-electron chi connectivity index (χ3n) is 3.90. The molecular formula is C19H25NO. The molecule has 0 bridgehead atoms. The first kappa shape index (κ1) is 15.6. The molecule has 2 nitrogen and oxygen atoms in total. The van der Waals surface area contributed by atoms with Gasteiger partial charge in [-0.3, -0.25) is 0 Å². The normalized spacial score (nSPS) is 12.3. The molecule has 0 heterocycles. The monoisotopic (exact) mass is 283 g/mol. The van der Waals surface area contributed by atoms with Gasteiger partial charge in [-0.25, -0.2) is 0 Å². The van der Waals surface area contributed by atoms with E-state index >= 15 is 0 Å². The number of rotatable bonds is 4. The zero-order valence-electron chi connectivity index (χ0n) is 13.7. The van der Waals surface area contributed by atoms with Crippen molar-refractivity contribution in [3.63, 3.8) is 0 Å². The van der Waals surface area contributed by atoms with Gasteiger partial charge < -0.3 is 10.5 Å². The Kier molecular flexibility index (Phi) is 4.69. The van der Waals surface area contributed by atoms with Crippen molar-refractivity contribution in [2.75, 3.05) is 0 Å². The van der Waals surface area contributed by atoms with Gasteiger partial charge in [-0.05, 0) is 74.9 Å². The van der Waals surface area contributed by atoms with Gasteiger partial charge in [-0.2, -0.15) is 0 Å². The van der Waals surface area contributed by atoms with E-state index in [1.807, 2.05) is 6.92 Å². The van der Waals surface area contributed by atoms with Gasteiger partial charge in [0, 0.05) is 6.04 Å². The van der Waals surface area contributed by atoms with E-state index in [0.717, 1.165) is 29.0 Å². The molecular weight excluding hydrogens is 258 g/mol. The van der Waals surface area contributed by atoms with Crippen molar-refractivity contribution < 1.29 is 4.74 Å². The molecule has 0 fully saturated rings. The van der Waals surface area contributed by atoms with E-state index in [1.54, 1.807) is 0 Å². The molecule has 0 aliphatic rings. The summed E-state index contributed by atoms with van der Waals surface area (Å²) in [5.41, 5.74) is 11.9. The van der Waals surface area contributed by atoms with Crippen LogP contribution < -0.4 is 10.5 Å².